The maximum absolute atomic E-state index is 5.92. The van der Waals surface area contributed by atoms with Crippen LogP contribution in [0.25, 0.3) is 5.52 Å². The maximum atomic E-state index is 5.92. The highest BCUT2D eigenvalue weighted by molar-refractivity contribution is 6.28. The molecule has 1 saturated carbocycles. The first-order valence-electron chi connectivity index (χ1n) is 6.48. The number of hydrogen-bond donors (Lipinski definition) is 2. The predicted molar refractivity (Wildman–Crippen MR) is 76.5 cm³/mol. The Hall–Kier alpha value is -2.08. The molecular weight excluding hydrogens is 276 g/mol. The van der Waals surface area contributed by atoms with Crippen LogP contribution in [0.3, 0.4) is 0 Å². The van der Waals surface area contributed by atoms with Gasteiger partial charge < -0.3 is 5.32 Å². The van der Waals surface area contributed by atoms with E-state index in [9.17, 15) is 0 Å². The quantitative estimate of drug-likeness (QED) is 0.777. The molecule has 0 atom stereocenters. The van der Waals surface area contributed by atoms with E-state index in [0.29, 0.717) is 5.82 Å². The molecule has 0 aromatic carbocycles. The van der Waals surface area contributed by atoms with E-state index in [1.807, 2.05) is 24.4 Å². The van der Waals surface area contributed by atoms with Crippen LogP contribution in [0, 0.1) is 0 Å². The monoisotopic (exact) mass is 288 g/mol. The number of hydrogen-bond acceptors (Lipinski definition) is 4. The molecule has 0 amide bonds. The molecule has 3 heterocycles. The lowest BCUT2D eigenvalue weighted by Gasteiger charge is -2.05. The van der Waals surface area contributed by atoms with Crippen LogP contribution in [0.5, 0.6) is 0 Å². The van der Waals surface area contributed by atoms with Gasteiger partial charge in [-0.2, -0.15) is 10.1 Å². The number of fused-ring (bicyclic) bond motifs is 1. The fourth-order valence-corrected chi connectivity index (χ4v) is 2.44. The second kappa shape index (κ2) is 3.96. The lowest BCUT2D eigenvalue weighted by Crippen LogP contribution is -2.01. The molecule has 1 aliphatic carbocycles. The number of aromatic nitrogens is 5. The molecule has 102 valence electrons. The van der Waals surface area contributed by atoms with Gasteiger partial charge in [0.15, 0.2) is 11.6 Å². The van der Waals surface area contributed by atoms with Crippen molar-refractivity contribution < 1.29 is 0 Å². The summed E-state index contributed by atoms with van der Waals surface area (Å²) in [5.41, 5.74) is 2.28. The summed E-state index contributed by atoms with van der Waals surface area (Å²) in [6.45, 7) is 2.23. The minimum absolute atomic E-state index is 0.195. The van der Waals surface area contributed by atoms with E-state index in [1.165, 1.54) is 12.8 Å². The molecule has 0 bridgehead atoms. The van der Waals surface area contributed by atoms with Crippen LogP contribution in [0.15, 0.2) is 24.4 Å². The van der Waals surface area contributed by atoms with Crippen LogP contribution in [-0.4, -0.2) is 24.8 Å². The van der Waals surface area contributed by atoms with Gasteiger partial charge in [0.2, 0.25) is 5.28 Å². The second-order valence-corrected chi connectivity index (χ2v) is 5.76. The predicted octanol–water partition coefficient (Wildman–Crippen LogP) is 2.90. The van der Waals surface area contributed by atoms with Gasteiger partial charge >= 0.3 is 0 Å². The summed E-state index contributed by atoms with van der Waals surface area (Å²) >= 11 is 5.92. The molecule has 0 saturated heterocycles. The van der Waals surface area contributed by atoms with E-state index in [2.05, 4.69) is 32.5 Å². The highest BCUT2D eigenvalue weighted by Crippen LogP contribution is 2.47. The zero-order chi connectivity index (χ0) is 13.7. The van der Waals surface area contributed by atoms with Gasteiger partial charge in [-0.25, -0.2) is 4.52 Å². The largest absolute Gasteiger partial charge is 0.322 e. The number of aromatic amines is 1. The van der Waals surface area contributed by atoms with Crippen LogP contribution in [0.4, 0.5) is 11.6 Å². The Kier molecular flexibility index (Phi) is 2.32. The fourth-order valence-electron chi connectivity index (χ4n) is 2.27. The Bertz CT molecular complexity index is 785. The van der Waals surface area contributed by atoms with Gasteiger partial charge in [-0.15, -0.1) is 5.10 Å². The lowest BCUT2D eigenvalue weighted by molar-refractivity contribution is 0.742. The van der Waals surface area contributed by atoms with E-state index in [0.717, 1.165) is 17.0 Å². The Labute approximate surface area is 120 Å². The summed E-state index contributed by atoms with van der Waals surface area (Å²) in [4.78, 5) is 4.22. The average Bonchev–Trinajstić information content (AvgIpc) is 2.85. The van der Waals surface area contributed by atoms with Crippen LogP contribution >= 0.6 is 11.6 Å². The van der Waals surface area contributed by atoms with Crippen LogP contribution in [0.2, 0.25) is 5.28 Å². The van der Waals surface area contributed by atoms with Crippen molar-refractivity contribution >= 4 is 28.8 Å². The third-order valence-electron chi connectivity index (χ3n) is 3.84. The third-order valence-corrected chi connectivity index (χ3v) is 4.00. The van der Waals surface area contributed by atoms with Crippen molar-refractivity contribution in [1.29, 1.82) is 0 Å². The summed E-state index contributed by atoms with van der Waals surface area (Å²) in [7, 11) is 0. The molecule has 0 radical (unpaired) electrons. The van der Waals surface area contributed by atoms with E-state index >= 15 is 0 Å². The molecule has 3 aromatic heterocycles. The Morgan fingerprint density at radius 2 is 2.30 bits per heavy atom. The molecule has 6 nitrogen and oxygen atoms in total. The number of H-pyrrole nitrogens is 1. The molecule has 20 heavy (non-hydrogen) atoms. The van der Waals surface area contributed by atoms with Gasteiger partial charge in [-0.3, -0.25) is 5.10 Å². The second-order valence-electron chi connectivity index (χ2n) is 5.42. The zero-order valence-corrected chi connectivity index (χ0v) is 11.6. The summed E-state index contributed by atoms with van der Waals surface area (Å²) in [5, 5.41) is 14.9. The summed E-state index contributed by atoms with van der Waals surface area (Å²) in [5.74, 6) is 1.39. The topological polar surface area (TPSA) is 70.9 Å². The van der Waals surface area contributed by atoms with Crippen molar-refractivity contribution in [3.8, 4) is 0 Å². The van der Waals surface area contributed by atoms with Gasteiger partial charge in [0.1, 0.15) is 5.52 Å². The molecule has 0 unspecified atom stereocenters. The summed E-state index contributed by atoms with van der Waals surface area (Å²) in [6, 6.07) is 5.85. The molecule has 3 aromatic rings. The fraction of sp³-hybridized carbons (Fsp3) is 0.308. The minimum Gasteiger partial charge on any atom is -0.322 e. The molecule has 0 aliphatic heterocycles. The van der Waals surface area contributed by atoms with Crippen molar-refractivity contribution in [2.75, 3.05) is 5.32 Å². The third kappa shape index (κ3) is 1.84. The highest BCUT2D eigenvalue weighted by Gasteiger charge is 2.40. The van der Waals surface area contributed by atoms with Gasteiger partial charge in [-0.05, 0) is 36.6 Å². The van der Waals surface area contributed by atoms with Gasteiger partial charge in [0.05, 0.1) is 0 Å². The van der Waals surface area contributed by atoms with Gasteiger partial charge in [0, 0.05) is 23.4 Å². The van der Waals surface area contributed by atoms with Crippen molar-refractivity contribution in [1.82, 2.24) is 24.8 Å². The maximum Gasteiger partial charge on any atom is 0.243 e. The zero-order valence-electron chi connectivity index (χ0n) is 10.9. The first-order chi connectivity index (χ1) is 9.64. The number of rotatable bonds is 3. The van der Waals surface area contributed by atoms with E-state index in [4.69, 9.17) is 11.6 Å². The molecule has 0 spiro atoms. The Morgan fingerprint density at radius 3 is 3.10 bits per heavy atom. The van der Waals surface area contributed by atoms with Crippen LogP contribution in [-0.2, 0) is 5.41 Å². The molecule has 4 rings (SSSR count). The minimum atomic E-state index is 0.195. The summed E-state index contributed by atoms with van der Waals surface area (Å²) in [6.07, 6.45) is 4.24. The molecule has 1 aliphatic rings. The van der Waals surface area contributed by atoms with E-state index in [1.54, 1.807) is 4.52 Å². The Morgan fingerprint density at radius 1 is 1.45 bits per heavy atom. The van der Waals surface area contributed by atoms with E-state index < -0.39 is 0 Å². The lowest BCUT2D eigenvalue weighted by atomic mass is 10.1. The number of anilines is 2. The average molecular weight is 289 g/mol. The summed E-state index contributed by atoms with van der Waals surface area (Å²) < 4.78 is 1.69. The van der Waals surface area contributed by atoms with Gasteiger partial charge in [-0.1, -0.05) is 6.92 Å². The first kappa shape index (κ1) is 11.7. The van der Waals surface area contributed by atoms with Crippen molar-refractivity contribution in [2.45, 2.75) is 25.2 Å². The van der Waals surface area contributed by atoms with Crippen LogP contribution in [0.1, 0.15) is 25.5 Å². The number of halogens is 1. The molecule has 7 heteroatoms. The van der Waals surface area contributed by atoms with E-state index in [-0.39, 0.29) is 10.7 Å². The number of nitrogens with one attached hydrogen (secondary N) is 2. The van der Waals surface area contributed by atoms with Crippen molar-refractivity contribution in [3.63, 3.8) is 0 Å². The Balaban J connectivity index is 1.70. The van der Waals surface area contributed by atoms with Gasteiger partial charge in [0.25, 0.3) is 0 Å². The highest BCUT2D eigenvalue weighted by atomic mass is 35.5. The normalized spacial score (nSPS) is 16.5. The van der Waals surface area contributed by atoms with Crippen LogP contribution < -0.4 is 5.32 Å². The molecular formula is C13H13ClN6. The van der Waals surface area contributed by atoms with Crippen molar-refractivity contribution in [2.24, 2.45) is 0 Å². The molecule has 2 N–H and O–H groups in total. The molecule has 1 fully saturated rings. The smallest absolute Gasteiger partial charge is 0.243 e. The standard InChI is InChI=1S/C13H13ClN6/c1-13(4-5-13)9-7-10(18-17-9)15-11-8-3-2-6-20(8)19-12(14)16-11/h2-3,6-7H,4-5H2,1H3,(H2,15,16,17,18,19). The van der Waals surface area contributed by atoms with Crippen molar-refractivity contribution in [3.05, 3.63) is 35.4 Å². The first-order valence-corrected chi connectivity index (χ1v) is 6.86. The SMILES string of the molecule is CC1(c2cc(Nc3nc(Cl)nn4cccc34)n[nH]2)CC1. The number of nitrogens with zero attached hydrogens (tertiary/aromatic N) is 4.